The van der Waals surface area contributed by atoms with Gasteiger partial charge in [0.25, 0.3) is 0 Å². The van der Waals surface area contributed by atoms with Gasteiger partial charge in [0.05, 0.1) is 5.92 Å². The molecule has 1 unspecified atom stereocenters. The van der Waals surface area contributed by atoms with Crippen LogP contribution in [-0.4, -0.2) is 28.6 Å². The third-order valence-electron chi connectivity index (χ3n) is 4.66. The molecular weight excluding hydrogens is 262 g/mol. The lowest BCUT2D eigenvalue weighted by Crippen LogP contribution is -2.40. The first kappa shape index (κ1) is 16.0. The Balaban J connectivity index is 2.10. The summed E-state index contributed by atoms with van der Waals surface area (Å²) in [6.45, 7) is 5.47. The first-order valence-electron chi connectivity index (χ1n) is 8.09. The predicted octanol–water partition coefficient (Wildman–Crippen LogP) is 3.85. The zero-order valence-corrected chi connectivity index (χ0v) is 13.2. The molecule has 1 saturated carbocycles. The second-order valence-electron chi connectivity index (χ2n) is 6.39. The molecule has 1 aliphatic rings. The Morgan fingerprint density at radius 1 is 1.29 bits per heavy atom. The van der Waals surface area contributed by atoms with Crippen molar-refractivity contribution in [1.29, 1.82) is 0 Å². The van der Waals surface area contributed by atoms with Crippen LogP contribution in [0.15, 0.2) is 24.3 Å². The van der Waals surface area contributed by atoms with Gasteiger partial charge >= 0.3 is 5.97 Å². The van der Waals surface area contributed by atoms with Crippen molar-refractivity contribution >= 4 is 5.97 Å². The van der Waals surface area contributed by atoms with Crippen molar-refractivity contribution in [2.75, 3.05) is 6.54 Å². The molecule has 3 heteroatoms. The molecule has 1 atom stereocenters. The number of carboxylic acids is 1. The minimum Gasteiger partial charge on any atom is -0.481 e. The molecule has 0 saturated heterocycles. The summed E-state index contributed by atoms with van der Waals surface area (Å²) in [7, 11) is 0. The summed E-state index contributed by atoms with van der Waals surface area (Å²) in [4.78, 5) is 13.6. The van der Waals surface area contributed by atoms with Crippen LogP contribution in [0.3, 0.4) is 0 Å². The van der Waals surface area contributed by atoms with E-state index in [1.807, 2.05) is 6.92 Å². The maximum absolute atomic E-state index is 11.2. The number of hydrogen-bond donors (Lipinski definition) is 1. The van der Waals surface area contributed by atoms with Gasteiger partial charge in [0, 0.05) is 19.1 Å². The van der Waals surface area contributed by atoms with Crippen molar-refractivity contribution in [3.05, 3.63) is 35.4 Å². The molecule has 0 spiro atoms. The van der Waals surface area contributed by atoms with Gasteiger partial charge in [0.1, 0.15) is 0 Å². The lowest BCUT2D eigenvalue weighted by molar-refractivity contribution is -0.142. The number of rotatable bonds is 6. The molecule has 0 heterocycles. The number of benzene rings is 1. The minimum atomic E-state index is -0.694. The first-order valence-corrected chi connectivity index (χ1v) is 8.09. The van der Waals surface area contributed by atoms with E-state index in [1.54, 1.807) is 0 Å². The van der Waals surface area contributed by atoms with Gasteiger partial charge in [-0.15, -0.1) is 0 Å². The molecule has 0 radical (unpaired) electrons. The zero-order chi connectivity index (χ0) is 15.2. The molecule has 1 fully saturated rings. The van der Waals surface area contributed by atoms with E-state index in [0.29, 0.717) is 12.6 Å². The van der Waals surface area contributed by atoms with Gasteiger partial charge in [-0.1, -0.05) is 50.5 Å². The van der Waals surface area contributed by atoms with Gasteiger partial charge in [0.15, 0.2) is 0 Å². The number of aryl methyl sites for hydroxylation is 1. The molecule has 2 rings (SSSR count). The molecule has 1 aromatic carbocycles. The summed E-state index contributed by atoms with van der Waals surface area (Å²) in [5.74, 6) is -1.00. The van der Waals surface area contributed by atoms with Crippen LogP contribution in [0.25, 0.3) is 0 Å². The highest BCUT2D eigenvalue weighted by atomic mass is 16.4. The lowest BCUT2D eigenvalue weighted by Gasteiger charge is -2.35. The summed E-state index contributed by atoms with van der Waals surface area (Å²) in [5.41, 5.74) is 2.61. The molecular formula is C18H27NO2. The molecule has 0 amide bonds. The predicted molar refractivity (Wildman–Crippen MR) is 85.3 cm³/mol. The largest absolute Gasteiger partial charge is 0.481 e. The second kappa shape index (κ2) is 7.60. The monoisotopic (exact) mass is 289 g/mol. The number of hydrogen-bond acceptors (Lipinski definition) is 2. The van der Waals surface area contributed by atoms with E-state index in [2.05, 4.69) is 36.1 Å². The summed E-state index contributed by atoms with van der Waals surface area (Å²) in [5, 5.41) is 9.22. The average Bonchev–Trinajstić information content (AvgIpc) is 2.49. The van der Waals surface area contributed by atoms with Crippen LogP contribution < -0.4 is 0 Å². The Labute approximate surface area is 128 Å². The molecule has 116 valence electrons. The smallest absolute Gasteiger partial charge is 0.307 e. The van der Waals surface area contributed by atoms with Crippen LogP contribution in [0.1, 0.15) is 50.2 Å². The van der Waals surface area contributed by atoms with Crippen molar-refractivity contribution in [2.45, 2.75) is 58.5 Å². The SMILES string of the molecule is Cc1ccccc1CN(CC(C)C(=O)O)C1CCCCC1. The fraction of sp³-hybridized carbons (Fsp3) is 0.611. The van der Waals surface area contributed by atoms with Crippen LogP contribution in [0.2, 0.25) is 0 Å². The molecule has 1 N–H and O–H groups in total. The van der Waals surface area contributed by atoms with Crippen LogP contribution in [0.4, 0.5) is 0 Å². The normalized spacial score (nSPS) is 17.9. The standard InChI is InChI=1S/C18H27NO2/c1-14-8-6-7-9-16(14)13-19(12-15(2)18(20)21)17-10-4-3-5-11-17/h6-9,15,17H,3-5,10-13H2,1-2H3,(H,20,21). The van der Waals surface area contributed by atoms with Crippen LogP contribution in [0.5, 0.6) is 0 Å². The average molecular weight is 289 g/mol. The van der Waals surface area contributed by atoms with E-state index in [9.17, 15) is 9.90 Å². The van der Waals surface area contributed by atoms with Crippen LogP contribution >= 0.6 is 0 Å². The number of carbonyl (C=O) groups is 1. The van der Waals surface area contributed by atoms with Gasteiger partial charge in [-0.05, 0) is 30.9 Å². The van der Waals surface area contributed by atoms with Crippen molar-refractivity contribution in [1.82, 2.24) is 4.90 Å². The van der Waals surface area contributed by atoms with E-state index >= 15 is 0 Å². The van der Waals surface area contributed by atoms with E-state index in [4.69, 9.17) is 0 Å². The van der Waals surface area contributed by atoms with E-state index in [-0.39, 0.29) is 5.92 Å². The van der Waals surface area contributed by atoms with Gasteiger partial charge in [-0.25, -0.2) is 0 Å². The highest BCUT2D eigenvalue weighted by Crippen LogP contribution is 2.25. The minimum absolute atomic E-state index is 0.309. The molecule has 21 heavy (non-hydrogen) atoms. The third-order valence-corrected chi connectivity index (χ3v) is 4.66. The lowest BCUT2D eigenvalue weighted by atomic mass is 9.92. The molecule has 3 nitrogen and oxygen atoms in total. The van der Waals surface area contributed by atoms with Gasteiger partial charge in [-0.2, -0.15) is 0 Å². The van der Waals surface area contributed by atoms with Crippen molar-refractivity contribution in [2.24, 2.45) is 5.92 Å². The number of carboxylic acid groups (broad SMARTS) is 1. The van der Waals surface area contributed by atoms with Gasteiger partial charge in [-0.3, -0.25) is 9.69 Å². The Kier molecular flexibility index (Phi) is 5.80. The maximum Gasteiger partial charge on any atom is 0.307 e. The third kappa shape index (κ3) is 4.57. The van der Waals surface area contributed by atoms with Crippen LogP contribution in [-0.2, 0) is 11.3 Å². The Bertz CT molecular complexity index is 466. The van der Waals surface area contributed by atoms with E-state index in [1.165, 1.54) is 43.2 Å². The molecule has 1 aliphatic carbocycles. The summed E-state index contributed by atoms with van der Waals surface area (Å²) >= 11 is 0. The van der Waals surface area contributed by atoms with Crippen molar-refractivity contribution in [3.8, 4) is 0 Å². The quantitative estimate of drug-likeness (QED) is 0.864. The maximum atomic E-state index is 11.2. The van der Waals surface area contributed by atoms with E-state index in [0.717, 1.165) is 6.54 Å². The van der Waals surface area contributed by atoms with Crippen molar-refractivity contribution in [3.63, 3.8) is 0 Å². The zero-order valence-electron chi connectivity index (χ0n) is 13.2. The van der Waals surface area contributed by atoms with Crippen molar-refractivity contribution < 1.29 is 9.90 Å². The van der Waals surface area contributed by atoms with Gasteiger partial charge < -0.3 is 5.11 Å². The molecule has 0 aliphatic heterocycles. The molecule has 0 bridgehead atoms. The molecule has 0 aromatic heterocycles. The van der Waals surface area contributed by atoms with E-state index < -0.39 is 5.97 Å². The molecule has 1 aromatic rings. The number of nitrogens with zero attached hydrogens (tertiary/aromatic N) is 1. The Morgan fingerprint density at radius 2 is 1.95 bits per heavy atom. The highest BCUT2D eigenvalue weighted by Gasteiger charge is 2.25. The van der Waals surface area contributed by atoms with Gasteiger partial charge in [0.2, 0.25) is 0 Å². The summed E-state index contributed by atoms with van der Waals surface area (Å²) < 4.78 is 0. The highest BCUT2D eigenvalue weighted by molar-refractivity contribution is 5.69. The fourth-order valence-corrected chi connectivity index (χ4v) is 3.23. The summed E-state index contributed by atoms with van der Waals surface area (Å²) in [6.07, 6.45) is 6.28. The second-order valence-corrected chi connectivity index (χ2v) is 6.39. The first-order chi connectivity index (χ1) is 10.1. The van der Waals surface area contributed by atoms with Crippen LogP contribution in [0, 0.1) is 12.8 Å². The number of aliphatic carboxylic acids is 1. The topological polar surface area (TPSA) is 40.5 Å². The fourth-order valence-electron chi connectivity index (χ4n) is 3.23. The Morgan fingerprint density at radius 3 is 2.57 bits per heavy atom. The summed E-state index contributed by atoms with van der Waals surface area (Å²) in [6, 6.07) is 8.97. The Hall–Kier alpha value is -1.35.